The summed E-state index contributed by atoms with van der Waals surface area (Å²) in [5.74, 6) is -0.454. The van der Waals surface area contributed by atoms with Crippen LogP contribution in [0, 0.1) is 0 Å². The molecular weight excluding hydrogens is 426 g/mol. The number of hydrogen-bond donors (Lipinski definition) is 1. The largest absolute Gasteiger partial charge is 0.462 e. The summed E-state index contributed by atoms with van der Waals surface area (Å²) in [6.45, 7) is 4.73. The van der Waals surface area contributed by atoms with Crippen molar-refractivity contribution in [3.05, 3.63) is 0 Å². The molecule has 0 aliphatic rings. The highest BCUT2D eigenvalue weighted by atomic mass is 16.6. The molecule has 0 radical (unpaired) electrons. The van der Waals surface area contributed by atoms with Crippen LogP contribution in [-0.4, -0.2) is 31.2 Å². The molecule has 1 atom stereocenters. The molecule has 202 valence electrons. The lowest BCUT2D eigenvalue weighted by Gasteiger charge is -2.16. The maximum atomic E-state index is 12.0. The van der Waals surface area contributed by atoms with Gasteiger partial charge in [-0.3, -0.25) is 9.59 Å². The topological polar surface area (TPSA) is 78.6 Å². The van der Waals surface area contributed by atoms with Crippen LogP contribution in [0.15, 0.2) is 0 Å². The summed E-state index contributed by atoms with van der Waals surface area (Å²) in [6.07, 6.45) is 25.0. The van der Waals surface area contributed by atoms with Crippen molar-refractivity contribution in [1.82, 2.24) is 0 Å². The average molecular weight is 484 g/mol. The molecule has 0 aromatic carbocycles. The van der Waals surface area contributed by atoms with Gasteiger partial charge in [0.15, 0.2) is 0 Å². The van der Waals surface area contributed by atoms with Crippen molar-refractivity contribution >= 4 is 11.9 Å². The van der Waals surface area contributed by atoms with Crippen LogP contribution in [0.3, 0.4) is 0 Å². The number of ether oxygens (including phenoxy) is 2. The molecular formula is C29H57NO4. The Balaban J connectivity index is 3.58. The number of esters is 2. The number of carbonyl (C=O) groups excluding carboxylic acids is 2. The highest BCUT2D eigenvalue weighted by Crippen LogP contribution is 2.13. The highest BCUT2D eigenvalue weighted by molar-refractivity contribution is 5.70. The van der Waals surface area contributed by atoms with Crippen molar-refractivity contribution in [1.29, 1.82) is 0 Å². The number of unbranched alkanes of at least 4 members (excludes halogenated alkanes) is 18. The standard InChI is InChI=1S/C29H57NO4/c1-3-5-7-9-11-13-14-16-17-19-21-23-28(31)33-26-27(25-30)34-29(32)24-22-20-18-15-12-10-8-6-4-2/h27H,3-26,30H2,1-2H3. The van der Waals surface area contributed by atoms with E-state index in [-0.39, 0.29) is 25.1 Å². The van der Waals surface area contributed by atoms with Crippen molar-refractivity contribution < 1.29 is 19.1 Å². The van der Waals surface area contributed by atoms with Gasteiger partial charge in [0, 0.05) is 19.4 Å². The van der Waals surface area contributed by atoms with Crippen molar-refractivity contribution in [2.24, 2.45) is 5.73 Å². The zero-order valence-electron chi connectivity index (χ0n) is 22.8. The number of hydrogen-bond acceptors (Lipinski definition) is 5. The van der Waals surface area contributed by atoms with Gasteiger partial charge in [-0.05, 0) is 12.8 Å². The SMILES string of the molecule is CCCCCCCCCCCCCC(=O)OCC(CN)OC(=O)CCCCCCCCCCC. The fourth-order valence-electron chi connectivity index (χ4n) is 4.17. The van der Waals surface area contributed by atoms with Gasteiger partial charge in [0.1, 0.15) is 12.7 Å². The molecule has 0 heterocycles. The Hall–Kier alpha value is -1.10. The van der Waals surface area contributed by atoms with Crippen molar-refractivity contribution in [2.45, 2.75) is 161 Å². The summed E-state index contributed by atoms with van der Waals surface area (Å²) in [5, 5.41) is 0. The van der Waals surface area contributed by atoms with Gasteiger partial charge in [0.2, 0.25) is 0 Å². The van der Waals surface area contributed by atoms with Crippen LogP contribution >= 0.6 is 0 Å². The summed E-state index contributed by atoms with van der Waals surface area (Å²) in [4.78, 5) is 24.0. The Kier molecular flexibility index (Phi) is 25.6. The smallest absolute Gasteiger partial charge is 0.306 e. The molecule has 0 aromatic heterocycles. The third kappa shape index (κ3) is 24.0. The molecule has 0 amide bonds. The third-order valence-electron chi connectivity index (χ3n) is 6.46. The molecule has 5 heteroatoms. The molecule has 5 nitrogen and oxygen atoms in total. The molecule has 1 unspecified atom stereocenters. The van der Waals surface area contributed by atoms with Crippen molar-refractivity contribution in [3.8, 4) is 0 Å². The first-order valence-electron chi connectivity index (χ1n) is 14.7. The van der Waals surface area contributed by atoms with Crippen molar-refractivity contribution in [3.63, 3.8) is 0 Å². The normalized spacial score (nSPS) is 12.0. The monoisotopic (exact) mass is 483 g/mol. The van der Waals surface area contributed by atoms with E-state index in [0.717, 1.165) is 25.7 Å². The molecule has 0 aromatic rings. The second-order valence-electron chi connectivity index (χ2n) is 9.89. The van der Waals surface area contributed by atoms with Gasteiger partial charge in [-0.15, -0.1) is 0 Å². The first kappa shape index (κ1) is 32.9. The van der Waals surface area contributed by atoms with Crippen LogP contribution < -0.4 is 5.73 Å². The Morgan fingerprint density at radius 1 is 0.559 bits per heavy atom. The van der Waals surface area contributed by atoms with Crippen LogP contribution in [-0.2, 0) is 19.1 Å². The summed E-state index contributed by atoms with van der Waals surface area (Å²) >= 11 is 0. The Morgan fingerprint density at radius 2 is 0.912 bits per heavy atom. The van der Waals surface area contributed by atoms with E-state index in [1.807, 2.05) is 0 Å². The molecule has 0 aliphatic heterocycles. The lowest BCUT2D eigenvalue weighted by atomic mass is 10.1. The van der Waals surface area contributed by atoms with E-state index in [2.05, 4.69) is 13.8 Å². The van der Waals surface area contributed by atoms with Gasteiger partial charge < -0.3 is 15.2 Å². The summed E-state index contributed by atoms with van der Waals surface area (Å²) < 4.78 is 10.7. The van der Waals surface area contributed by atoms with Gasteiger partial charge in [0.25, 0.3) is 0 Å². The molecule has 0 fully saturated rings. The van der Waals surface area contributed by atoms with Gasteiger partial charge >= 0.3 is 11.9 Å². The van der Waals surface area contributed by atoms with Gasteiger partial charge in [0.05, 0.1) is 0 Å². The maximum Gasteiger partial charge on any atom is 0.306 e. The number of nitrogens with two attached hydrogens (primary N) is 1. The van der Waals surface area contributed by atoms with Crippen molar-refractivity contribution in [2.75, 3.05) is 13.2 Å². The van der Waals surface area contributed by atoms with E-state index < -0.39 is 6.10 Å². The molecule has 0 bridgehead atoms. The van der Waals surface area contributed by atoms with E-state index in [4.69, 9.17) is 15.2 Å². The molecule has 2 N–H and O–H groups in total. The second kappa shape index (κ2) is 26.5. The minimum atomic E-state index is -0.535. The van der Waals surface area contributed by atoms with E-state index in [9.17, 15) is 9.59 Å². The fraction of sp³-hybridized carbons (Fsp3) is 0.931. The lowest BCUT2D eigenvalue weighted by Crippen LogP contribution is -2.32. The Bertz CT molecular complexity index is 455. The quantitative estimate of drug-likeness (QED) is 0.0995. The predicted octanol–water partition coefficient (Wildman–Crippen LogP) is 8.02. The summed E-state index contributed by atoms with van der Waals surface area (Å²) in [7, 11) is 0. The van der Waals surface area contributed by atoms with Crippen LogP contribution in [0.4, 0.5) is 0 Å². The Morgan fingerprint density at radius 3 is 1.29 bits per heavy atom. The van der Waals surface area contributed by atoms with E-state index in [0.29, 0.717) is 12.8 Å². The summed E-state index contributed by atoms with van der Waals surface area (Å²) in [6, 6.07) is 0. The molecule has 0 aliphatic carbocycles. The highest BCUT2D eigenvalue weighted by Gasteiger charge is 2.15. The number of rotatable bonds is 26. The predicted molar refractivity (Wildman–Crippen MR) is 143 cm³/mol. The first-order chi connectivity index (χ1) is 16.6. The molecule has 0 rings (SSSR count). The molecule has 0 saturated heterocycles. The summed E-state index contributed by atoms with van der Waals surface area (Å²) in [5.41, 5.74) is 5.70. The van der Waals surface area contributed by atoms with Crippen LogP contribution in [0.5, 0.6) is 0 Å². The maximum absolute atomic E-state index is 12.0. The van der Waals surface area contributed by atoms with Gasteiger partial charge in [-0.1, -0.05) is 129 Å². The third-order valence-corrected chi connectivity index (χ3v) is 6.46. The average Bonchev–Trinajstić information content (AvgIpc) is 2.84. The molecule has 0 spiro atoms. The van der Waals surface area contributed by atoms with E-state index in [1.54, 1.807) is 0 Å². The van der Waals surface area contributed by atoms with E-state index in [1.165, 1.54) is 103 Å². The Labute approximate surface area is 211 Å². The minimum absolute atomic E-state index is 0.0663. The minimum Gasteiger partial charge on any atom is -0.462 e. The zero-order valence-corrected chi connectivity index (χ0v) is 22.8. The second-order valence-corrected chi connectivity index (χ2v) is 9.89. The molecule has 34 heavy (non-hydrogen) atoms. The fourth-order valence-corrected chi connectivity index (χ4v) is 4.17. The van der Waals surface area contributed by atoms with Crippen LogP contribution in [0.1, 0.15) is 155 Å². The first-order valence-corrected chi connectivity index (χ1v) is 14.7. The van der Waals surface area contributed by atoms with Crippen LogP contribution in [0.25, 0.3) is 0 Å². The lowest BCUT2D eigenvalue weighted by molar-refractivity contribution is -0.158. The zero-order chi connectivity index (χ0) is 25.1. The van der Waals surface area contributed by atoms with Gasteiger partial charge in [-0.2, -0.15) is 0 Å². The van der Waals surface area contributed by atoms with Crippen LogP contribution in [0.2, 0.25) is 0 Å². The molecule has 0 saturated carbocycles. The van der Waals surface area contributed by atoms with Gasteiger partial charge in [-0.25, -0.2) is 0 Å². The van der Waals surface area contributed by atoms with E-state index >= 15 is 0 Å². The number of carbonyl (C=O) groups is 2.